The molecule has 0 saturated carbocycles. The normalized spacial score (nSPS) is 18.0. The van der Waals surface area contributed by atoms with Gasteiger partial charge >= 0.3 is 6.09 Å². The predicted octanol–water partition coefficient (Wildman–Crippen LogP) is 1.13. The lowest BCUT2D eigenvalue weighted by atomic mass is 10.1. The molecular weight excluding hydrogens is 284 g/mol. The van der Waals surface area contributed by atoms with Gasteiger partial charge in [-0.15, -0.1) is 0 Å². The number of fused-ring (bicyclic) bond motifs is 1. The van der Waals surface area contributed by atoms with Crippen molar-refractivity contribution in [3.63, 3.8) is 0 Å². The monoisotopic (exact) mass is 306 g/mol. The van der Waals surface area contributed by atoms with Crippen LogP contribution in [0, 0.1) is 0 Å². The summed E-state index contributed by atoms with van der Waals surface area (Å²) in [6.07, 6.45) is 2.99. The summed E-state index contributed by atoms with van der Waals surface area (Å²) in [5.74, 6) is -0.0367. The van der Waals surface area contributed by atoms with E-state index >= 15 is 0 Å². The Kier molecular flexibility index (Phi) is 4.31. The van der Waals surface area contributed by atoms with Crippen molar-refractivity contribution in [2.45, 2.75) is 32.7 Å². The van der Waals surface area contributed by atoms with Crippen LogP contribution in [-0.2, 0) is 17.7 Å². The van der Waals surface area contributed by atoms with E-state index in [1.54, 1.807) is 16.7 Å². The van der Waals surface area contributed by atoms with Crippen molar-refractivity contribution >= 4 is 12.0 Å². The van der Waals surface area contributed by atoms with Crippen LogP contribution in [0.1, 0.15) is 35.9 Å². The number of amides is 2. The Labute approximate surface area is 129 Å². The molecule has 0 aliphatic carbocycles. The largest absolute Gasteiger partial charge is 0.450 e. The third-order valence-corrected chi connectivity index (χ3v) is 4.23. The van der Waals surface area contributed by atoms with Crippen LogP contribution in [0.5, 0.6) is 0 Å². The number of hydrogen-bond acceptors (Lipinski definition) is 4. The fourth-order valence-electron chi connectivity index (χ4n) is 2.99. The SMILES string of the molecule is CCOC(=O)N1CCN(C(=O)c2cc3n(n2)CCCC3)CC1. The number of aryl methyl sites for hydroxylation is 2. The zero-order chi connectivity index (χ0) is 15.5. The molecule has 2 aliphatic heterocycles. The van der Waals surface area contributed by atoms with Crippen molar-refractivity contribution in [3.05, 3.63) is 17.5 Å². The molecule has 1 saturated heterocycles. The molecule has 1 aromatic heterocycles. The lowest BCUT2D eigenvalue weighted by Crippen LogP contribution is -2.50. The lowest BCUT2D eigenvalue weighted by molar-refractivity contribution is 0.0565. The lowest BCUT2D eigenvalue weighted by Gasteiger charge is -2.33. The van der Waals surface area contributed by atoms with Crippen molar-refractivity contribution in [3.8, 4) is 0 Å². The number of carbonyl (C=O) groups is 2. The first-order chi connectivity index (χ1) is 10.7. The number of rotatable bonds is 2. The third-order valence-electron chi connectivity index (χ3n) is 4.23. The molecule has 0 spiro atoms. The van der Waals surface area contributed by atoms with Crippen LogP contribution in [0.3, 0.4) is 0 Å². The van der Waals surface area contributed by atoms with Gasteiger partial charge in [0.25, 0.3) is 5.91 Å². The second kappa shape index (κ2) is 6.37. The molecule has 3 heterocycles. The van der Waals surface area contributed by atoms with Gasteiger partial charge in [-0.3, -0.25) is 9.48 Å². The smallest absolute Gasteiger partial charge is 0.409 e. The topological polar surface area (TPSA) is 67.7 Å². The second-order valence-electron chi connectivity index (χ2n) is 5.68. The summed E-state index contributed by atoms with van der Waals surface area (Å²) in [5, 5.41) is 4.43. The van der Waals surface area contributed by atoms with Crippen molar-refractivity contribution in [2.24, 2.45) is 0 Å². The highest BCUT2D eigenvalue weighted by Gasteiger charge is 2.27. The highest BCUT2D eigenvalue weighted by atomic mass is 16.6. The van der Waals surface area contributed by atoms with Crippen molar-refractivity contribution in [1.82, 2.24) is 19.6 Å². The van der Waals surface area contributed by atoms with Gasteiger partial charge in [-0.1, -0.05) is 0 Å². The quantitative estimate of drug-likeness (QED) is 0.821. The molecule has 2 amide bonds. The van der Waals surface area contributed by atoms with Gasteiger partial charge in [0.1, 0.15) is 0 Å². The Morgan fingerprint density at radius 2 is 1.86 bits per heavy atom. The standard InChI is InChI=1S/C15H22N4O3/c1-2-22-15(21)18-9-7-17(8-10-18)14(20)13-11-12-5-3-4-6-19(12)16-13/h11H,2-10H2,1H3. The van der Waals surface area contributed by atoms with Crippen LogP contribution in [0.25, 0.3) is 0 Å². The second-order valence-corrected chi connectivity index (χ2v) is 5.68. The van der Waals surface area contributed by atoms with E-state index in [4.69, 9.17) is 4.74 Å². The van der Waals surface area contributed by atoms with E-state index in [2.05, 4.69) is 5.10 Å². The average molecular weight is 306 g/mol. The number of hydrogen-bond donors (Lipinski definition) is 0. The van der Waals surface area contributed by atoms with Gasteiger partial charge in [-0.2, -0.15) is 5.10 Å². The van der Waals surface area contributed by atoms with E-state index in [1.807, 2.05) is 10.7 Å². The van der Waals surface area contributed by atoms with Crippen LogP contribution in [-0.4, -0.2) is 64.4 Å². The minimum Gasteiger partial charge on any atom is -0.450 e. The Balaban J connectivity index is 1.60. The summed E-state index contributed by atoms with van der Waals surface area (Å²) in [7, 11) is 0. The van der Waals surface area contributed by atoms with Crippen molar-refractivity contribution < 1.29 is 14.3 Å². The number of ether oxygens (including phenoxy) is 1. The first kappa shape index (κ1) is 14.9. The van der Waals surface area contributed by atoms with E-state index < -0.39 is 0 Å². The summed E-state index contributed by atoms with van der Waals surface area (Å²) in [6.45, 7) is 5.14. The van der Waals surface area contributed by atoms with Gasteiger partial charge in [0.15, 0.2) is 5.69 Å². The van der Waals surface area contributed by atoms with Crippen LogP contribution >= 0.6 is 0 Å². The number of piperazine rings is 1. The Morgan fingerprint density at radius 1 is 1.14 bits per heavy atom. The maximum absolute atomic E-state index is 12.5. The Bertz CT molecular complexity index is 538. The molecule has 2 aliphatic rings. The molecule has 7 heteroatoms. The van der Waals surface area contributed by atoms with Gasteiger partial charge in [0, 0.05) is 38.4 Å². The fourth-order valence-corrected chi connectivity index (χ4v) is 2.99. The first-order valence-electron chi connectivity index (χ1n) is 7.96. The molecule has 120 valence electrons. The van der Waals surface area contributed by atoms with Gasteiger partial charge < -0.3 is 14.5 Å². The highest BCUT2D eigenvalue weighted by Crippen LogP contribution is 2.17. The minimum atomic E-state index is -0.299. The third kappa shape index (κ3) is 2.93. The number of carbonyl (C=O) groups excluding carboxylic acids is 2. The van der Waals surface area contributed by atoms with Crippen LogP contribution in [0.2, 0.25) is 0 Å². The van der Waals surface area contributed by atoms with E-state index in [-0.39, 0.29) is 12.0 Å². The minimum absolute atomic E-state index is 0.0367. The zero-order valence-corrected chi connectivity index (χ0v) is 13.0. The number of aromatic nitrogens is 2. The molecule has 0 radical (unpaired) electrons. The van der Waals surface area contributed by atoms with Crippen molar-refractivity contribution in [1.29, 1.82) is 0 Å². The van der Waals surface area contributed by atoms with Gasteiger partial charge in [-0.25, -0.2) is 4.79 Å². The van der Waals surface area contributed by atoms with E-state index in [0.717, 1.165) is 31.5 Å². The van der Waals surface area contributed by atoms with Crippen molar-refractivity contribution in [2.75, 3.05) is 32.8 Å². The summed E-state index contributed by atoms with van der Waals surface area (Å²) < 4.78 is 6.93. The first-order valence-corrected chi connectivity index (χ1v) is 7.96. The van der Waals surface area contributed by atoms with Crippen LogP contribution in [0.15, 0.2) is 6.07 Å². The summed E-state index contributed by atoms with van der Waals surface area (Å²) >= 11 is 0. The molecule has 1 fully saturated rings. The van der Waals surface area contributed by atoms with E-state index in [0.29, 0.717) is 38.5 Å². The van der Waals surface area contributed by atoms with Crippen LogP contribution < -0.4 is 0 Å². The molecule has 1 aromatic rings. The molecule has 0 bridgehead atoms. The molecule has 22 heavy (non-hydrogen) atoms. The summed E-state index contributed by atoms with van der Waals surface area (Å²) in [5.41, 5.74) is 1.68. The molecule has 0 unspecified atom stereocenters. The molecule has 0 N–H and O–H groups in total. The molecule has 7 nitrogen and oxygen atoms in total. The Hall–Kier alpha value is -2.05. The van der Waals surface area contributed by atoms with E-state index in [1.165, 1.54) is 0 Å². The molecule has 3 rings (SSSR count). The van der Waals surface area contributed by atoms with Gasteiger partial charge in [-0.05, 0) is 32.3 Å². The van der Waals surface area contributed by atoms with Crippen LogP contribution in [0.4, 0.5) is 4.79 Å². The van der Waals surface area contributed by atoms with Gasteiger partial charge in [0.05, 0.1) is 6.61 Å². The average Bonchev–Trinajstić information content (AvgIpc) is 2.98. The molecular formula is C15H22N4O3. The molecule has 0 aromatic carbocycles. The van der Waals surface area contributed by atoms with Gasteiger partial charge in [0.2, 0.25) is 0 Å². The highest BCUT2D eigenvalue weighted by molar-refractivity contribution is 5.92. The number of nitrogens with zero attached hydrogens (tertiary/aromatic N) is 4. The summed E-state index contributed by atoms with van der Waals surface area (Å²) in [4.78, 5) is 27.6. The maximum Gasteiger partial charge on any atom is 0.409 e. The van der Waals surface area contributed by atoms with E-state index in [9.17, 15) is 9.59 Å². The maximum atomic E-state index is 12.5. The Morgan fingerprint density at radius 3 is 2.55 bits per heavy atom. The zero-order valence-electron chi connectivity index (χ0n) is 13.0. The fraction of sp³-hybridized carbons (Fsp3) is 0.667. The summed E-state index contributed by atoms with van der Waals surface area (Å²) in [6, 6.07) is 1.92. The molecule has 0 atom stereocenters. The predicted molar refractivity (Wildman–Crippen MR) is 79.7 cm³/mol.